The van der Waals surface area contributed by atoms with Crippen molar-refractivity contribution in [2.24, 2.45) is 5.10 Å². The lowest BCUT2D eigenvalue weighted by Crippen LogP contribution is -2.21. The van der Waals surface area contributed by atoms with Gasteiger partial charge in [-0.15, -0.1) is 0 Å². The van der Waals surface area contributed by atoms with E-state index in [9.17, 15) is 14.4 Å². The third kappa shape index (κ3) is 5.65. The van der Waals surface area contributed by atoms with E-state index >= 15 is 0 Å². The Morgan fingerprint density at radius 1 is 1.00 bits per heavy atom. The summed E-state index contributed by atoms with van der Waals surface area (Å²) in [7, 11) is 0. The Labute approximate surface area is 168 Å². The number of anilines is 3. The first-order valence-corrected chi connectivity index (χ1v) is 9.17. The largest absolute Gasteiger partial charge is 0.452 e. The quantitative estimate of drug-likeness (QED) is 0.734. The molecule has 1 aliphatic rings. The summed E-state index contributed by atoms with van der Waals surface area (Å²) in [6.45, 7) is 3.82. The molecule has 0 saturated carbocycles. The fourth-order valence-corrected chi connectivity index (χ4v) is 2.78. The third-order valence-corrected chi connectivity index (χ3v) is 4.20. The molecule has 0 unspecified atom stereocenters. The Balaban J connectivity index is 1.48. The number of hydrogen-bond donors (Lipinski definition) is 2. The minimum absolute atomic E-state index is 0.176. The first-order valence-electron chi connectivity index (χ1n) is 9.17. The average molecular weight is 394 g/mol. The van der Waals surface area contributed by atoms with E-state index in [0.29, 0.717) is 16.9 Å². The maximum atomic E-state index is 12.1. The zero-order valence-corrected chi connectivity index (χ0v) is 16.3. The van der Waals surface area contributed by atoms with Crippen molar-refractivity contribution in [3.63, 3.8) is 0 Å². The molecule has 0 aliphatic carbocycles. The number of hydrazone groups is 1. The standard InChI is InChI=1S/C21H22N4O4/c1-14-11-12-25(24-14)19-9-3-16(4-10-19)21(28)29-13-20(27)23-18-7-5-17(6-8-18)22-15(2)26/h3-10H,11-13H2,1-2H3,(H,22,26)(H,23,27). The molecule has 0 aromatic heterocycles. The summed E-state index contributed by atoms with van der Waals surface area (Å²) in [4.78, 5) is 35.1. The van der Waals surface area contributed by atoms with Crippen LogP contribution in [-0.4, -0.2) is 36.6 Å². The highest BCUT2D eigenvalue weighted by atomic mass is 16.5. The van der Waals surface area contributed by atoms with Crippen LogP contribution in [0.4, 0.5) is 17.1 Å². The van der Waals surface area contributed by atoms with E-state index in [-0.39, 0.29) is 5.91 Å². The van der Waals surface area contributed by atoms with Gasteiger partial charge in [-0.2, -0.15) is 5.10 Å². The monoisotopic (exact) mass is 394 g/mol. The molecule has 0 fully saturated rings. The van der Waals surface area contributed by atoms with Gasteiger partial charge in [0.1, 0.15) is 0 Å². The van der Waals surface area contributed by atoms with E-state index in [1.807, 2.05) is 11.9 Å². The smallest absolute Gasteiger partial charge is 0.338 e. The molecular formula is C21H22N4O4. The van der Waals surface area contributed by atoms with Crippen LogP contribution in [0.3, 0.4) is 0 Å². The van der Waals surface area contributed by atoms with Gasteiger partial charge in [0.05, 0.1) is 11.3 Å². The number of nitrogens with one attached hydrogen (secondary N) is 2. The molecule has 3 rings (SSSR count). The van der Waals surface area contributed by atoms with Gasteiger partial charge in [-0.25, -0.2) is 4.79 Å². The molecule has 1 aliphatic heterocycles. The number of amides is 2. The lowest BCUT2D eigenvalue weighted by Gasteiger charge is -2.13. The molecule has 2 aromatic rings. The third-order valence-electron chi connectivity index (χ3n) is 4.20. The van der Waals surface area contributed by atoms with Gasteiger partial charge >= 0.3 is 5.97 Å². The molecule has 0 bridgehead atoms. The highest BCUT2D eigenvalue weighted by molar-refractivity contribution is 5.96. The van der Waals surface area contributed by atoms with Crippen LogP contribution in [0.25, 0.3) is 0 Å². The number of esters is 1. The van der Waals surface area contributed by atoms with Crippen LogP contribution in [0.1, 0.15) is 30.6 Å². The van der Waals surface area contributed by atoms with Gasteiger partial charge in [0.2, 0.25) is 5.91 Å². The van der Waals surface area contributed by atoms with Crippen molar-refractivity contribution < 1.29 is 19.1 Å². The van der Waals surface area contributed by atoms with Gasteiger partial charge < -0.3 is 15.4 Å². The second-order valence-electron chi connectivity index (χ2n) is 6.64. The molecule has 150 valence electrons. The minimum atomic E-state index is -0.575. The molecule has 2 amide bonds. The summed E-state index contributed by atoms with van der Waals surface area (Å²) in [5.41, 5.74) is 3.50. The average Bonchev–Trinajstić information content (AvgIpc) is 3.14. The topological polar surface area (TPSA) is 100 Å². The molecule has 8 nitrogen and oxygen atoms in total. The fraction of sp³-hybridized carbons (Fsp3) is 0.238. The summed E-state index contributed by atoms with van der Waals surface area (Å²) < 4.78 is 5.07. The van der Waals surface area contributed by atoms with Crippen molar-refractivity contribution in [3.8, 4) is 0 Å². The van der Waals surface area contributed by atoms with Gasteiger partial charge in [-0.1, -0.05) is 0 Å². The van der Waals surface area contributed by atoms with Crippen molar-refractivity contribution in [1.82, 2.24) is 0 Å². The Bertz CT molecular complexity index is 936. The van der Waals surface area contributed by atoms with Gasteiger partial charge in [-0.05, 0) is 55.5 Å². The second kappa shape index (κ2) is 9.01. The van der Waals surface area contributed by atoms with Crippen LogP contribution in [0.5, 0.6) is 0 Å². The number of carbonyl (C=O) groups is 3. The van der Waals surface area contributed by atoms with Crippen LogP contribution < -0.4 is 15.6 Å². The maximum Gasteiger partial charge on any atom is 0.338 e. The number of nitrogens with zero attached hydrogens (tertiary/aromatic N) is 2. The van der Waals surface area contributed by atoms with E-state index in [2.05, 4.69) is 15.7 Å². The Hall–Kier alpha value is -3.68. The lowest BCUT2D eigenvalue weighted by molar-refractivity contribution is -0.119. The van der Waals surface area contributed by atoms with E-state index in [1.54, 1.807) is 48.5 Å². The van der Waals surface area contributed by atoms with Crippen LogP contribution in [0.15, 0.2) is 53.6 Å². The van der Waals surface area contributed by atoms with E-state index in [4.69, 9.17) is 4.74 Å². The summed E-state index contributed by atoms with van der Waals surface area (Å²) >= 11 is 0. The minimum Gasteiger partial charge on any atom is -0.452 e. The van der Waals surface area contributed by atoms with Crippen molar-refractivity contribution in [3.05, 3.63) is 54.1 Å². The molecular weight excluding hydrogens is 372 g/mol. The van der Waals surface area contributed by atoms with Crippen molar-refractivity contribution in [2.75, 3.05) is 28.8 Å². The number of ether oxygens (including phenoxy) is 1. The van der Waals surface area contributed by atoms with Gasteiger partial charge in [-0.3, -0.25) is 14.6 Å². The fourth-order valence-electron chi connectivity index (χ4n) is 2.78. The zero-order valence-electron chi connectivity index (χ0n) is 16.3. The Morgan fingerprint density at radius 3 is 2.17 bits per heavy atom. The highest BCUT2D eigenvalue weighted by Crippen LogP contribution is 2.20. The Kier molecular flexibility index (Phi) is 6.23. The normalized spacial score (nSPS) is 12.9. The van der Waals surface area contributed by atoms with E-state index in [0.717, 1.165) is 24.4 Å². The molecule has 1 heterocycles. The molecule has 0 atom stereocenters. The first-order chi connectivity index (χ1) is 13.9. The molecule has 0 saturated heterocycles. The summed E-state index contributed by atoms with van der Waals surface area (Å²) in [5.74, 6) is -1.21. The second-order valence-corrected chi connectivity index (χ2v) is 6.64. The molecule has 8 heteroatoms. The van der Waals surface area contributed by atoms with E-state index < -0.39 is 18.5 Å². The van der Waals surface area contributed by atoms with Gasteiger partial charge in [0.15, 0.2) is 6.61 Å². The summed E-state index contributed by atoms with van der Waals surface area (Å²) in [6, 6.07) is 13.5. The predicted molar refractivity (Wildman–Crippen MR) is 111 cm³/mol. The number of rotatable bonds is 6. The highest BCUT2D eigenvalue weighted by Gasteiger charge is 2.15. The van der Waals surface area contributed by atoms with Crippen LogP contribution in [0, 0.1) is 0 Å². The molecule has 29 heavy (non-hydrogen) atoms. The summed E-state index contributed by atoms with van der Waals surface area (Å²) in [5, 5.41) is 11.6. The predicted octanol–water partition coefficient (Wildman–Crippen LogP) is 3.03. The summed E-state index contributed by atoms with van der Waals surface area (Å²) in [6.07, 6.45) is 0.925. The zero-order chi connectivity index (χ0) is 20.8. The SMILES string of the molecule is CC(=O)Nc1ccc(NC(=O)COC(=O)c2ccc(N3CCC(C)=N3)cc2)cc1. The maximum absolute atomic E-state index is 12.1. The van der Waals surface area contributed by atoms with Crippen LogP contribution in [-0.2, 0) is 14.3 Å². The van der Waals surface area contributed by atoms with Gasteiger partial charge in [0.25, 0.3) is 5.91 Å². The van der Waals surface area contributed by atoms with E-state index in [1.165, 1.54) is 6.92 Å². The number of carbonyl (C=O) groups excluding carboxylic acids is 3. The molecule has 0 spiro atoms. The number of hydrogen-bond acceptors (Lipinski definition) is 6. The molecule has 2 aromatic carbocycles. The molecule has 0 radical (unpaired) electrons. The Morgan fingerprint density at radius 2 is 1.62 bits per heavy atom. The van der Waals surface area contributed by atoms with Crippen LogP contribution >= 0.6 is 0 Å². The van der Waals surface area contributed by atoms with Crippen molar-refractivity contribution >= 4 is 40.6 Å². The van der Waals surface area contributed by atoms with Gasteiger partial charge in [0, 0.05) is 37.0 Å². The molecule has 2 N–H and O–H groups in total. The number of benzene rings is 2. The van der Waals surface area contributed by atoms with Crippen molar-refractivity contribution in [1.29, 1.82) is 0 Å². The lowest BCUT2D eigenvalue weighted by atomic mass is 10.2. The van der Waals surface area contributed by atoms with Crippen molar-refractivity contribution in [2.45, 2.75) is 20.3 Å². The van der Waals surface area contributed by atoms with Crippen LogP contribution in [0.2, 0.25) is 0 Å². The first kappa shape index (κ1) is 20.1.